The van der Waals surface area contributed by atoms with Crippen molar-refractivity contribution in [1.29, 1.82) is 0 Å². The number of sulfonamides is 1. The Labute approximate surface area is 95.5 Å². The van der Waals surface area contributed by atoms with Crippen LogP contribution < -0.4 is 5.73 Å². The third kappa shape index (κ3) is 2.43. The average Bonchev–Trinajstić information content (AvgIpc) is 2.90. The van der Waals surface area contributed by atoms with E-state index in [1.54, 1.807) is 0 Å². The zero-order chi connectivity index (χ0) is 10.3. The Balaban J connectivity index is 0.00000112. The van der Waals surface area contributed by atoms with Crippen molar-refractivity contribution in [3.05, 3.63) is 0 Å². The second-order valence-corrected chi connectivity index (χ2v) is 6.20. The van der Waals surface area contributed by atoms with E-state index in [0.717, 1.165) is 0 Å². The number of rotatable bonds is 3. The largest absolute Gasteiger partial charge is 0.329 e. The highest BCUT2D eigenvalue weighted by Crippen LogP contribution is 2.35. The van der Waals surface area contributed by atoms with E-state index < -0.39 is 16.2 Å². The van der Waals surface area contributed by atoms with E-state index >= 15 is 0 Å². The van der Waals surface area contributed by atoms with E-state index in [4.69, 9.17) is 5.73 Å². The Morgan fingerprint density at radius 2 is 2.00 bits per heavy atom. The van der Waals surface area contributed by atoms with Crippen molar-refractivity contribution in [1.82, 2.24) is 4.31 Å². The van der Waals surface area contributed by atoms with E-state index in [9.17, 15) is 12.8 Å². The summed E-state index contributed by atoms with van der Waals surface area (Å²) in [7, 11) is -3.25. The van der Waals surface area contributed by atoms with Crippen molar-refractivity contribution in [3.8, 4) is 0 Å². The highest BCUT2D eigenvalue weighted by atomic mass is 35.5. The molecule has 7 heteroatoms. The fraction of sp³-hybridized carbons (Fsp3) is 1.00. The lowest BCUT2D eigenvalue weighted by Crippen LogP contribution is -2.41. The van der Waals surface area contributed by atoms with E-state index in [0.29, 0.717) is 12.8 Å². The minimum absolute atomic E-state index is 0. The Morgan fingerprint density at radius 3 is 2.47 bits per heavy atom. The topological polar surface area (TPSA) is 63.4 Å². The Bertz CT molecular complexity index is 321. The molecule has 1 aliphatic carbocycles. The molecule has 4 nitrogen and oxygen atoms in total. The van der Waals surface area contributed by atoms with Gasteiger partial charge < -0.3 is 5.73 Å². The predicted molar refractivity (Wildman–Crippen MR) is 58.3 cm³/mol. The smallest absolute Gasteiger partial charge is 0.217 e. The first-order valence-corrected chi connectivity index (χ1v) is 6.41. The SMILES string of the molecule is Cl.NC[C@@H]1C[C@H](F)CN1S(=O)(=O)C1CC1. The molecule has 2 fully saturated rings. The fourth-order valence-corrected chi connectivity index (χ4v) is 3.99. The van der Waals surface area contributed by atoms with Gasteiger partial charge in [-0.25, -0.2) is 12.8 Å². The molecule has 2 N–H and O–H groups in total. The second-order valence-electron chi connectivity index (χ2n) is 4.04. The van der Waals surface area contributed by atoms with E-state index in [-0.39, 0.29) is 43.2 Å². The summed E-state index contributed by atoms with van der Waals surface area (Å²) in [6.45, 7) is 0.215. The first-order chi connectivity index (χ1) is 6.55. The van der Waals surface area contributed by atoms with Gasteiger partial charge in [0, 0.05) is 19.1 Å². The van der Waals surface area contributed by atoms with Crippen LogP contribution in [0.25, 0.3) is 0 Å². The molecule has 1 aliphatic heterocycles. The molecule has 0 aromatic heterocycles. The summed E-state index contributed by atoms with van der Waals surface area (Å²) in [4.78, 5) is 0. The summed E-state index contributed by atoms with van der Waals surface area (Å²) in [6.07, 6.45) is 0.639. The molecule has 1 saturated carbocycles. The molecule has 2 rings (SSSR count). The van der Waals surface area contributed by atoms with Gasteiger partial charge in [0.15, 0.2) is 0 Å². The van der Waals surface area contributed by atoms with Crippen LogP contribution in [0, 0.1) is 0 Å². The van der Waals surface area contributed by atoms with E-state index in [1.165, 1.54) is 4.31 Å². The molecule has 2 aliphatic rings. The third-order valence-electron chi connectivity index (χ3n) is 2.86. The molecule has 90 valence electrons. The molecule has 0 aromatic rings. The van der Waals surface area contributed by atoms with Crippen LogP contribution in [0.4, 0.5) is 4.39 Å². The summed E-state index contributed by atoms with van der Waals surface area (Å²) >= 11 is 0. The summed E-state index contributed by atoms with van der Waals surface area (Å²) in [5, 5.41) is -0.262. The normalized spacial score (nSPS) is 32.7. The summed E-state index contributed by atoms with van der Waals surface area (Å²) in [6, 6.07) is -0.324. The minimum Gasteiger partial charge on any atom is -0.329 e. The van der Waals surface area contributed by atoms with Crippen molar-refractivity contribution in [2.24, 2.45) is 5.73 Å². The number of nitrogens with zero attached hydrogens (tertiary/aromatic N) is 1. The lowest BCUT2D eigenvalue weighted by molar-refractivity contribution is 0.342. The monoisotopic (exact) mass is 258 g/mol. The fourth-order valence-electron chi connectivity index (χ4n) is 1.91. The van der Waals surface area contributed by atoms with E-state index in [2.05, 4.69) is 0 Å². The van der Waals surface area contributed by atoms with Crippen LogP contribution in [-0.4, -0.2) is 43.3 Å². The Morgan fingerprint density at radius 1 is 1.40 bits per heavy atom. The molecule has 0 radical (unpaired) electrons. The molecule has 15 heavy (non-hydrogen) atoms. The molecule has 0 spiro atoms. The molecule has 1 saturated heterocycles. The summed E-state index contributed by atoms with van der Waals surface area (Å²) in [5.41, 5.74) is 5.43. The average molecular weight is 259 g/mol. The van der Waals surface area contributed by atoms with Crippen molar-refractivity contribution >= 4 is 22.4 Å². The first-order valence-electron chi connectivity index (χ1n) is 4.90. The lowest BCUT2D eigenvalue weighted by atomic mass is 10.2. The number of alkyl halides is 1. The second kappa shape index (κ2) is 4.53. The van der Waals surface area contributed by atoms with Crippen LogP contribution in [0.3, 0.4) is 0 Å². The van der Waals surface area contributed by atoms with Crippen molar-refractivity contribution in [2.75, 3.05) is 13.1 Å². The Hall–Kier alpha value is 0.0900. The molecule has 0 bridgehead atoms. The van der Waals surface area contributed by atoms with Gasteiger partial charge in [0.05, 0.1) is 5.25 Å². The minimum atomic E-state index is -3.25. The van der Waals surface area contributed by atoms with Gasteiger partial charge in [-0.3, -0.25) is 0 Å². The molecular weight excluding hydrogens is 243 g/mol. The molecule has 0 unspecified atom stereocenters. The molecule has 2 atom stereocenters. The number of hydrogen-bond donors (Lipinski definition) is 1. The maximum Gasteiger partial charge on any atom is 0.217 e. The lowest BCUT2D eigenvalue weighted by Gasteiger charge is -2.21. The number of hydrogen-bond acceptors (Lipinski definition) is 3. The van der Waals surface area contributed by atoms with Gasteiger partial charge in [0.1, 0.15) is 6.17 Å². The van der Waals surface area contributed by atoms with Crippen molar-refractivity contribution < 1.29 is 12.8 Å². The summed E-state index contributed by atoms with van der Waals surface area (Å²) < 4.78 is 38.0. The first kappa shape index (κ1) is 13.2. The van der Waals surface area contributed by atoms with Crippen LogP contribution in [0.1, 0.15) is 19.3 Å². The number of nitrogens with two attached hydrogens (primary N) is 1. The molecule has 0 aromatic carbocycles. The zero-order valence-corrected chi connectivity index (χ0v) is 9.94. The van der Waals surface area contributed by atoms with Crippen LogP contribution in [-0.2, 0) is 10.0 Å². The van der Waals surface area contributed by atoms with Crippen molar-refractivity contribution in [2.45, 2.75) is 36.7 Å². The van der Waals surface area contributed by atoms with Crippen LogP contribution in [0.2, 0.25) is 0 Å². The maximum atomic E-state index is 13.1. The van der Waals surface area contributed by atoms with Crippen LogP contribution in [0.5, 0.6) is 0 Å². The highest BCUT2D eigenvalue weighted by Gasteiger charge is 2.46. The number of halogens is 2. The highest BCUT2D eigenvalue weighted by molar-refractivity contribution is 7.90. The van der Waals surface area contributed by atoms with Crippen molar-refractivity contribution in [3.63, 3.8) is 0 Å². The third-order valence-corrected chi connectivity index (χ3v) is 5.27. The van der Waals surface area contributed by atoms with Gasteiger partial charge in [-0.2, -0.15) is 4.31 Å². The van der Waals surface area contributed by atoms with Gasteiger partial charge in [-0.15, -0.1) is 12.4 Å². The molecule has 0 amide bonds. The van der Waals surface area contributed by atoms with Gasteiger partial charge in [-0.1, -0.05) is 0 Å². The van der Waals surface area contributed by atoms with Crippen LogP contribution in [0.15, 0.2) is 0 Å². The van der Waals surface area contributed by atoms with Gasteiger partial charge in [-0.05, 0) is 19.3 Å². The maximum absolute atomic E-state index is 13.1. The standard InChI is InChI=1S/C8H15FN2O2S.ClH/c9-6-3-7(4-10)11(5-6)14(12,13)8-1-2-8;/h6-8H,1-5,10H2;1H/t6-,7-;/m0./s1. The van der Waals surface area contributed by atoms with Gasteiger partial charge in [0.2, 0.25) is 10.0 Å². The van der Waals surface area contributed by atoms with E-state index in [1.807, 2.05) is 0 Å². The van der Waals surface area contributed by atoms with Gasteiger partial charge >= 0.3 is 0 Å². The zero-order valence-electron chi connectivity index (χ0n) is 8.30. The van der Waals surface area contributed by atoms with Gasteiger partial charge in [0.25, 0.3) is 0 Å². The molecular formula is C8H16ClFN2O2S. The van der Waals surface area contributed by atoms with Crippen LogP contribution >= 0.6 is 12.4 Å². The Kier molecular flexibility index (Phi) is 3.97. The quantitative estimate of drug-likeness (QED) is 0.791. The predicted octanol–water partition coefficient (Wildman–Crippen LogP) is 0.271. The summed E-state index contributed by atoms with van der Waals surface area (Å²) in [5.74, 6) is 0. The molecule has 1 heterocycles.